The van der Waals surface area contributed by atoms with E-state index in [-0.39, 0.29) is 6.42 Å². The second kappa shape index (κ2) is 6.16. The Kier molecular flexibility index (Phi) is 4.18. The summed E-state index contributed by atoms with van der Waals surface area (Å²) in [5.74, 6) is -0.332. The lowest BCUT2D eigenvalue weighted by Crippen LogP contribution is -2.01. The largest absolute Gasteiger partial charge is 0.481 e. The highest BCUT2D eigenvalue weighted by Gasteiger charge is 2.18. The van der Waals surface area contributed by atoms with Gasteiger partial charge in [-0.2, -0.15) is 0 Å². The van der Waals surface area contributed by atoms with E-state index >= 15 is 0 Å². The fourth-order valence-electron chi connectivity index (χ4n) is 3.30. The molecule has 2 aromatic carbocycles. The minimum absolute atomic E-state index is 0.0194. The molecule has 0 spiro atoms. The Balaban J connectivity index is 2.24. The van der Waals surface area contributed by atoms with E-state index in [1.165, 1.54) is 5.56 Å². The van der Waals surface area contributed by atoms with Crippen molar-refractivity contribution in [3.63, 3.8) is 0 Å². The van der Waals surface area contributed by atoms with Gasteiger partial charge < -0.3 is 10.1 Å². The van der Waals surface area contributed by atoms with Crippen molar-refractivity contribution in [3.8, 4) is 11.3 Å². The first-order valence-corrected chi connectivity index (χ1v) is 8.31. The Labute approximate surface area is 142 Å². The number of fused-ring (bicyclic) bond motifs is 1. The monoisotopic (exact) mass is 321 g/mol. The number of hydrogen-bond donors (Lipinski definition) is 2. The van der Waals surface area contributed by atoms with E-state index in [0.717, 1.165) is 38.9 Å². The van der Waals surface area contributed by atoms with Gasteiger partial charge in [-0.05, 0) is 47.6 Å². The van der Waals surface area contributed by atoms with Crippen LogP contribution in [-0.4, -0.2) is 16.1 Å². The third-order valence-electron chi connectivity index (χ3n) is 4.67. The van der Waals surface area contributed by atoms with Gasteiger partial charge in [0.15, 0.2) is 0 Å². The summed E-state index contributed by atoms with van der Waals surface area (Å²) in [5.41, 5.74) is 7.37. The van der Waals surface area contributed by atoms with E-state index < -0.39 is 5.97 Å². The van der Waals surface area contributed by atoms with E-state index in [2.05, 4.69) is 62.2 Å². The predicted octanol–water partition coefficient (Wildman–Crippen LogP) is 5.20. The molecule has 124 valence electrons. The Hall–Kier alpha value is -2.55. The molecule has 3 rings (SSSR count). The lowest BCUT2D eigenvalue weighted by atomic mass is 9.96. The van der Waals surface area contributed by atoms with Crippen LogP contribution >= 0.6 is 0 Å². The first-order chi connectivity index (χ1) is 11.4. The van der Waals surface area contributed by atoms with E-state index in [1.807, 2.05) is 6.92 Å². The number of aryl methyl sites for hydroxylation is 2. The highest BCUT2D eigenvalue weighted by atomic mass is 16.4. The van der Waals surface area contributed by atoms with E-state index in [9.17, 15) is 9.90 Å². The van der Waals surface area contributed by atoms with Gasteiger partial charge in [0.25, 0.3) is 0 Å². The number of aliphatic carboxylic acids is 1. The summed E-state index contributed by atoms with van der Waals surface area (Å²) in [6.07, 6.45) is 0.0194. The van der Waals surface area contributed by atoms with Gasteiger partial charge in [-0.3, -0.25) is 4.79 Å². The lowest BCUT2D eigenvalue weighted by Gasteiger charge is -2.08. The second-order valence-electron chi connectivity index (χ2n) is 6.78. The summed E-state index contributed by atoms with van der Waals surface area (Å²) in [5, 5.41) is 10.4. The maximum atomic E-state index is 11.4. The molecule has 0 saturated carbocycles. The highest BCUT2D eigenvalue weighted by Crippen LogP contribution is 2.34. The van der Waals surface area contributed by atoms with Crippen LogP contribution < -0.4 is 0 Å². The van der Waals surface area contributed by atoms with Crippen molar-refractivity contribution < 1.29 is 9.90 Å². The molecule has 0 unspecified atom stereocenters. The van der Waals surface area contributed by atoms with Crippen LogP contribution in [0.3, 0.4) is 0 Å². The molecule has 3 heteroatoms. The van der Waals surface area contributed by atoms with Crippen LogP contribution in [0.2, 0.25) is 0 Å². The van der Waals surface area contributed by atoms with Crippen molar-refractivity contribution in [1.82, 2.24) is 4.98 Å². The zero-order chi connectivity index (χ0) is 17.4. The van der Waals surface area contributed by atoms with E-state index in [4.69, 9.17) is 0 Å². The van der Waals surface area contributed by atoms with E-state index in [1.54, 1.807) is 0 Å². The molecule has 1 heterocycles. The average molecular weight is 321 g/mol. The molecule has 1 aromatic heterocycles. The van der Waals surface area contributed by atoms with Crippen LogP contribution in [0, 0.1) is 13.8 Å². The molecule has 0 aliphatic carbocycles. The smallest absolute Gasteiger partial charge is 0.307 e. The van der Waals surface area contributed by atoms with Crippen molar-refractivity contribution >= 4 is 16.9 Å². The van der Waals surface area contributed by atoms with E-state index in [0.29, 0.717) is 5.92 Å². The molecule has 0 amide bonds. The first-order valence-electron chi connectivity index (χ1n) is 8.31. The summed E-state index contributed by atoms with van der Waals surface area (Å²) >= 11 is 0. The zero-order valence-electron chi connectivity index (χ0n) is 14.6. The fraction of sp³-hybridized carbons (Fsp3) is 0.286. The van der Waals surface area contributed by atoms with Crippen molar-refractivity contribution in [2.45, 2.75) is 40.0 Å². The summed E-state index contributed by atoms with van der Waals surface area (Å²) in [7, 11) is 0. The Morgan fingerprint density at radius 3 is 2.25 bits per heavy atom. The van der Waals surface area contributed by atoms with Crippen molar-refractivity contribution in [2.24, 2.45) is 0 Å². The number of H-pyrrole nitrogens is 1. The van der Waals surface area contributed by atoms with Crippen LogP contribution in [0.25, 0.3) is 22.2 Å². The number of carboxylic acid groups (broad SMARTS) is 1. The van der Waals surface area contributed by atoms with Crippen molar-refractivity contribution in [1.29, 1.82) is 0 Å². The maximum absolute atomic E-state index is 11.4. The van der Waals surface area contributed by atoms with Gasteiger partial charge in [0, 0.05) is 10.9 Å². The number of carboxylic acids is 1. The standard InChI is InChI=1S/C21H23NO2/c1-12(2)15-7-9-16(10-8-15)21-17(11-18(23)24)19-13(3)5-6-14(4)20(19)22-21/h5-10,12,22H,11H2,1-4H3,(H,23,24). The molecule has 2 N–H and O–H groups in total. The molecular formula is C21H23NO2. The Bertz CT molecular complexity index is 902. The fourth-order valence-corrected chi connectivity index (χ4v) is 3.30. The third-order valence-corrected chi connectivity index (χ3v) is 4.67. The average Bonchev–Trinajstić information content (AvgIpc) is 2.91. The number of carbonyl (C=O) groups is 1. The Morgan fingerprint density at radius 1 is 1.04 bits per heavy atom. The van der Waals surface area contributed by atoms with Crippen LogP contribution in [0.5, 0.6) is 0 Å². The van der Waals surface area contributed by atoms with Crippen LogP contribution in [0.15, 0.2) is 36.4 Å². The van der Waals surface area contributed by atoms with Crippen LogP contribution in [-0.2, 0) is 11.2 Å². The number of aromatic amines is 1. The number of hydrogen-bond acceptors (Lipinski definition) is 1. The second-order valence-corrected chi connectivity index (χ2v) is 6.78. The number of nitrogens with one attached hydrogen (secondary N) is 1. The predicted molar refractivity (Wildman–Crippen MR) is 98.6 cm³/mol. The van der Waals surface area contributed by atoms with Gasteiger partial charge in [0.2, 0.25) is 0 Å². The quantitative estimate of drug-likeness (QED) is 0.693. The summed E-state index contributed by atoms with van der Waals surface area (Å²) < 4.78 is 0. The molecule has 0 aliphatic rings. The zero-order valence-corrected chi connectivity index (χ0v) is 14.6. The van der Waals surface area contributed by atoms with Gasteiger partial charge in [0.05, 0.1) is 12.1 Å². The Morgan fingerprint density at radius 2 is 1.67 bits per heavy atom. The molecule has 3 aromatic rings. The summed E-state index contributed by atoms with van der Waals surface area (Å²) in [6, 6.07) is 12.5. The van der Waals surface area contributed by atoms with Gasteiger partial charge >= 0.3 is 5.97 Å². The molecule has 0 atom stereocenters. The van der Waals surface area contributed by atoms with Crippen molar-refractivity contribution in [3.05, 3.63) is 58.7 Å². The molecule has 0 bridgehead atoms. The SMILES string of the molecule is Cc1ccc(C)c2c(CC(=O)O)c(-c3ccc(C(C)C)cc3)[nH]c12. The molecule has 0 fully saturated rings. The van der Waals surface area contributed by atoms with Gasteiger partial charge in [-0.25, -0.2) is 0 Å². The maximum Gasteiger partial charge on any atom is 0.307 e. The molecular weight excluding hydrogens is 298 g/mol. The van der Waals surface area contributed by atoms with Crippen LogP contribution in [0.4, 0.5) is 0 Å². The number of aromatic nitrogens is 1. The van der Waals surface area contributed by atoms with Crippen LogP contribution in [0.1, 0.15) is 42.0 Å². The summed E-state index contributed by atoms with van der Waals surface area (Å²) in [4.78, 5) is 14.9. The number of rotatable bonds is 4. The number of benzene rings is 2. The lowest BCUT2D eigenvalue weighted by molar-refractivity contribution is -0.136. The minimum Gasteiger partial charge on any atom is -0.481 e. The molecule has 24 heavy (non-hydrogen) atoms. The molecule has 3 nitrogen and oxygen atoms in total. The third kappa shape index (κ3) is 2.82. The van der Waals surface area contributed by atoms with Gasteiger partial charge in [0.1, 0.15) is 0 Å². The normalized spacial score (nSPS) is 11.4. The highest BCUT2D eigenvalue weighted by molar-refractivity contribution is 5.97. The molecule has 0 saturated heterocycles. The molecule has 0 aliphatic heterocycles. The molecule has 0 radical (unpaired) electrons. The summed E-state index contributed by atoms with van der Waals surface area (Å²) in [6.45, 7) is 8.42. The van der Waals surface area contributed by atoms with Gasteiger partial charge in [-0.15, -0.1) is 0 Å². The van der Waals surface area contributed by atoms with Gasteiger partial charge in [-0.1, -0.05) is 50.2 Å². The minimum atomic E-state index is -0.808. The van der Waals surface area contributed by atoms with Crippen molar-refractivity contribution in [2.75, 3.05) is 0 Å². The first kappa shape index (κ1) is 16.3. The topological polar surface area (TPSA) is 53.1 Å².